The Hall–Kier alpha value is -1.98. The Morgan fingerprint density at radius 2 is 1.90 bits per heavy atom. The monoisotopic (exact) mass is 283 g/mol. The van der Waals surface area contributed by atoms with Crippen LogP contribution in [0.5, 0.6) is 0 Å². The molecule has 0 spiro atoms. The van der Waals surface area contributed by atoms with Crippen molar-refractivity contribution in [1.29, 1.82) is 0 Å². The Bertz CT molecular complexity index is 600. The lowest BCUT2D eigenvalue weighted by Crippen LogP contribution is -2.08. The van der Waals surface area contributed by atoms with E-state index >= 15 is 0 Å². The molecule has 3 nitrogen and oxygen atoms in total. The second kappa shape index (κ2) is 5.19. The third kappa shape index (κ3) is 2.79. The molecule has 6 heteroatoms. The van der Waals surface area contributed by atoms with Gasteiger partial charge in [0.15, 0.2) is 5.69 Å². The van der Waals surface area contributed by atoms with Crippen molar-refractivity contribution < 1.29 is 13.2 Å². The number of nitrogens with one attached hydrogen (secondary N) is 1. The third-order valence-corrected chi connectivity index (χ3v) is 3.04. The van der Waals surface area contributed by atoms with Crippen LogP contribution in [0.15, 0.2) is 30.3 Å². The molecule has 0 aliphatic heterocycles. The molecule has 0 radical (unpaired) electrons. The number of nitrogens with zero attached hydrogens (tertiary/aromatic N) is 2. The van der Waals surface area contributed by atoms with Gasteiger partial charge in [-0.1, -0.05) is 26.0 Å². The van der Waals surface area contributed by atoms with Crippen LogP contribution in [0.2, 0.25) is 0 Å². The van der Waals surface area contributed by atoms with Crippen molar-refractivity contribution in [2.24, 2.45) is 0 Å². The highest BCUT2D eigenvalue weighted by molar-refractivity contribution is 5.47. The summed E-state index contributed by atoms with van der Waals surface area (Å²) in [5.41, 5.74) is 0.751. The van der Waals surface area contributed by atoms with Crippen molar-refractivity contribution in [2.75, 3.05) is 12.4 Å². The SMILES string of the molecule is CNc1cc(C(F)(F)F)nn1-c1cccc(C(C)C)c1. The zero-order valence-electron chi connectivity index (χ0n) is 11.5. The van der Waals surface area contributed by atoms with Crippen LogP contribution in [0, 0.1) is 0 Å². The highest BCUT2D eigenvalue weighted by Gasteiger charge is 2.35. The summed E-state index contributed by atoms with van der Waals surface area (Å²) in [5.74, 6) is 0.601. The molecule has 1 aromatic heterocycles. The Labute approximate surface area is 115 Å². The molecule has 20 heavy (non-hydrogen) atoms. The number of alkyl halides is 3. The largest absolute Gasteiger partial charge is 0.435 e. The standard InChI is InChI=1S/C14H16F3N3/c1-9(2)10-5-4-6-11(7-10)20-13(18-3)8-12(19-20)14(15,16)17/h4-9,18H,1-3H3. The van der Waals surface area contributed by atoms with Crippen LogP contribution in [-0.4, -0.2) is 16.8 Å². The fourth-order valence-corrected chi connectivity index (χ4v) is 1.91. The van der Waals surface area contributed by atoms with E-state index < -0.39 is 11.9 Å². The van der Waals surface area contributed by atoms with Gasteiger partial charge in [-0.15, -0.1) is 0 Å². The van der Waals surface area contributed by atoms with Crippen LogP contribution in [0.3, 0.4) is 0 Å². The topological polar surface area (TPSA) is 29.9 Å². The highest BCUT2D eigenvalue weighted by Crippen LogP contribution is 2.31. The highest BCUT2D eigenvalue weighted by atomic mass is 19.4. The molecule has 0 saturated carbocycles. The summed E-state index contributed by atoms with van der Waals surface area (Å²) >= 11 is 0. The minimum absolute atomic E-state index is 0.297. The first kappa shape index (κ1) is 14.4. The van der Waals surface area contributed by atoms with Crippen molar-refractivity contribution in [2.45, 2.75) is 25.9 Å². The van der Waals surface area contributed by atoms with Gasteiger partial charge in [-0.2, -0.15) is 18.3 Å². The second-order valence-electron chi connectivity index (χ2n) is 4.82. The van der Waals surface area contributed by atoms with E-state index in [9.17, 15) is 13.2 Å². The van der Waals surface area contributed by atoms with Gasteiger partial charge in [0.1, 0.15) is 5.82 Å². The molecule has 0 atom stereocenters. The number of anilines is 1. The van der Waals surface area contributed by atoms with Gasteiger partial charge in [-0.05, 0) is 23.6 Å². The summed E-state index contributed by atoms with van der Waals surface area (Å²) in [6.45, 7) is 4.06. The predicted octanol–water partition coefficient (Wildman–Crippen LogP) is 4.06. The first-order valence-electron chi connectivity index (χ1n) is 6.28. The van der Waals surface area contributed by atoms with Crippen LogP contribution in [0.4, 0.5) is 19.0 Å². The summed E-state index contributed by atoms with van der Waals surface area (Å²) in [6.07, 6.45) is -4.45. The van der Waals surface area contributed by atoms with Gasteiger partial charge in [-0.25, -0.2) is 4.68 Å². The molecule has 0 bridgehead atoms. The molecule has 1 aromatic carbocycles. The van der Waals surface area contributed by atoms with Gasteiger partial charge in [0.2, 0.25) is 0 Å². The van der Waals surface area contributed by atoms with E-state index in [1.165, 1.54) is 4.68 Å². The lowest BCUT2D eigenvalue weighted by molar-refractivity contribution is -0.141. The van der Waals surface area contributed by atoms with Crippen molar-refractivity contribution in [3.8, 4) is 5.69 Å². The number of aromatic nitrogens is 2. The summed E-state index contributed by atoms with van der Waals surface area (Å²) in [6, 6.07) is 8.35. The fraction of sp³-hybridized carbons (Fsp3) is 0.357. The Kier molecular flexibility index (Phi) is 3.74. The van der Waals surface area contributed by atoms with Crippen LogP contribution in [0.25, 0.3) is 5.69 Å². The normalized spacial score (nSPS) is 11.9. The van der Waals surface area contributed by atoms with Gasteiger partial charge in [0.05, 0.1) is 5.69 Å². The predicted molar refractivity (Wildman–Crippen MR) is 72.2 cm³/mol. The molecular weight excluding hydrogens is 267 g/mol. The molecular formula is C14H16F3N3. The first-order valence-corrected chi connectivity index (χ1v) is 6.28. The smallest absolute Gasteiger partial charge is 0.373 e. The molecule has 0 aliphatic carbocycles. The van der Waals surface area contributed by atoms with E-state index in [4.69, 9.17) is 0 Å². The van der Waals surface area contributed by atoms with E-state index in [2.05, 4.69) is 10.4 Å². The maximum atomic E-state index is 12.7. The van der Waals surface area contributed by atoms with E-state index in [-0.39, 0.29) is 0 Å². The molecule has 108 valence electrons. The van der Waals surface area contributed by atoms with Crippen molar-refractivity contribution in [1.82, 2.24) is 9.78 Å². The Morgan fingerprint density at radius 1 is 1.20 bits per heavy atom. The molecule has 0 fully saturated rings. The molecule has 0 saturated heterocycles. The lowest BCUT2D eigenvalue weighted by Gasteiger charge is -2.10. The molecule has 0 amide bonds. The van der Waals surface area contributed by atoms with E-state index in [0.717, 1.165) is 11.6 Å². The van der Waals surface area contributed by atoms with Gasteiger partial charge in [-0.3, -0.25) is 0 Å². The maximum absolute atomic E-state index is 12.7. The number of hydrogen-bond acceptors (Lipinski definition) is 2. The average Bonchev–Trinajstić information content (AvgIpc) is 2.82. The maximum Gasteiger partial charge on any atom is 0.435 e. The lowest BCUT2D eigenvalue weighted by atomic mass is 10.0. The Morgan fingerprint density at radius 3 is 2.45 bits per heavy atom. The van der Waals surface area contributed by atoms with Gasteiger partial charge in [0.25, 0.3) is 0 Å². The molecule has 0 unspecified atom stereocenters. The summed E-state index contributed by atoms with van der Waals surface area (Å²) in [7, 11) is 1.57. The fourth-order valence-electron chi connectivity index (χ4n) is 1.91. The van der Waals surface area contributed by atoms with Gasteiger partial charge in [0, 0.05) is 13.1 Å². The van der Waals surface area contributed by atoms with Crippen molar-refractivity contribution in [3.63, 3.8) is 0 Å². The molecule has 0 aliphatic rings. The minimum Gasteiger partial charge on any atom is -0.373 e. The molecule has 1 heterocycles. The Balaban J connectivity index is 2.52. The number of benzene rings is 1. The quantitative estimate of drug-likeness (QED) is 0.920. The van der Waals surface area contributed by atoms with Crippen LogP contribution in [0.1, 0.15) is 31.0 Å². The minimum atomic E-state index is -4.45. The average molecular weight is 283 g/mol. The summed E-state index contributed by atoms with van der Waals surface area (Å²) in [5, 5.41) is 6.39. The van der Waals surface area contributed by atoms with Crippen LogP contribution < -0.4 is 5.32 Å². The molecule has 2 aromatic rings. The second-order valence-corrected chi connectivity index (χ2v) is 4.82. The van der Waals surface area contributed by atoms with E-state index in [1.54, 1.807) is 13.1 Å². The van der Waals surface area contributed by atoms with Crippen LogP contribution in [-0.2, 0) is 6.18 Å². The number of hydrogen-bond donors (Lipinski definition) is 1. The zero-order valence-corrected chi connectivity index (χ0v) is 11.5. The molecule has 2 rings (SSSR count). The van der Waals surface area contributed by atoms with Gasteiger partial charge < -0.3 is 5.32 Å². The number of halogens is 3. The van der Waals surface area contributed by atoms with E-state index in [1.807, 2.05) is 32.0 Å². The zero-order chi connectivity index (χ0) is 14.9. The third-order valence-electron chi connectivity index (χ3n) is 3.04. The summed E-state index contributed by atoms with van der Waals surface area (Å²) < 4.78 is 39.5. The summed E-state index contributed by atoms with van der Waals surface area (Å²) in [4.78, 5) is 0. The first-order chi connectivity index (χ1) is 9.32. The van der Waals surface area contributed by atoms with Crippen molar-refractivity contribution >= 4 is 5.82 Å². The van der Waals surface area contributed by atoms with Crippen LogP contribution >= 0.6 is 0 Å². The number of rotatable bonds is 3. The molecule has 1 N–H and O–H groups in total. The van der Waals surface area contributed by atoms with Gasteiger partial charge >= 0.3 is 6.18 Å². The van der Waals surface area contributed by atoms with Crippen molar-refractivity contribution in [3.05, 3.63) is 41.6 Å². The van der Waals surface area contributed by atoms with E-state index in [0.29, 0.717) is 17.4 Å².